The van der Waals surface area contributed by atoms with Crippen LogP contribution >= 0.6 is 0 Å². The molecule has 112 valence electrons. The fraction of sp³-hybridized carbons (Fsp3) is 0.667. The van der Waals surface area contributed by atoms with Crippen molar-refractivity contribution in [2.45, 2.75) is 82.6 Å². The van der Waals surface area contributed by atoms with Gasteiger partial charge in [0.2, 0.25) is 0 Å². The number of hydrogen-bond donors (Lipinski definition) is 0. The third-order valence-electron chi connectivity index (χ3n) is 2.61. The lowest BCUT2D eigenvalue weighted by Crippen LogP contribution is -1.92. The van der Waals surface area contributed by atoms with Crippen molar-refractivity contribution in [3.05, 3.63) is 35.9 Å². The lowest BCUT2D eigenvalue weighted by molar-refractivity contribution is 0.598. The van der Waals surface area contributed by atoms with Gasteiger partial charge >= 0.3 is 0 Å². The van der Waals surface area contributed by atoms with Crippen molar-refractivity contribution in [1.29, 1.82) is 0 Å². The van der Waals surface area contributed by atoms with Gasteiger partial charge in [0.15, 0.2) is 0 Å². The van der Waals surface area contributed by atoms with Gasteiger partial charge in [-0.2, -0.15) is 0 Å². The highest BCUT2D eigenvalue weighted by Crippen LogP contribution is 2.20. The molecule has 0 aromatic heterocycles. The van der Waals surface area contributed by atoms with Crippen LogP contribution in [0, 0.1) is 0 Å². The third kappa shape index (κ3) is 11.7. The van der Waals surface area contributed by atoms with Gasteiger partial charge in [-0.15, -0.1) is 0 Å². The smallest absolute Gasteiger partial charge is 0.0190 e. The largest absolute Gasteiger partial charge is 0.0776 e. The zero-order valence-corrected chi connectivity index (χ0v) is 8.79. The molecular weight excluding hydrogens is 216 g/mol. The Morgan fingerprint density at radius 2 is 1.33 bits per heavy atom. The monoisotopic (exact) mass is 256 g/mol. The first-order valence-electron chi connectivity index (χ1n) is 5.39. The maximum atomic E-state index is 2.32. The van der Waals surface area contributed by atoms with E-state index in [9.17, 15) is 0 Å². The predicted octanol–water partition coefficient (Wildman–Crippen LogP) is 7.55. The van der Waals surface area contributed by atoms with Crippen LogP contribution < -0.4 is 0 Å². The van der Waals surface area contributed by atoms with Gasteiger partial charge in [-0.3, -0.25) is 0 Å². The first-order valence-corrected chi connectivity index (χ1v) is 5.39. The molecule has 1 rings (SSSR count). The van der Waals surface area contributed by atoms with Crippen molar-refractivity contribution in [3.8, 4) is 0 Å². The van der Waals surface area contributed by atoms with Crippen LogP contribution in [0.3, 0.4) is 0 Å². The fourth-order valence-electron chi connectivity index (χ4n) is 1.65. The minimum atomic E-state index is 0. The number of rotatable bonds is 5. The van der Waals surface area contributed by atoms with E-state index in [1.165, 1.54) is 31.2 Å². The Kier molecular flexibility index (Phi) is 31.3. The lowest BCUT2D eigenvalue weighted by Gasteiger charge is -2.10. The van der Waals surface area contributed by atoms with Crippen molar-refractivity contribution in [2.24, 2.45) is 0 Å². The Balaban J connectivity index is -0.000000113. The van der Waals surface area contributed by atoms with Crippen LogP contribution in [-0.4, -0.2) is 0 Å². The molecule has 0 amide bonds. The topological polar surface area (TPSA) is 0 Å². The zero-order chi connectivity index (χ0) is 9.52. The van der Waals surface area contributed by atoms with Crippen molar-refractivity contribution in [3.63, 3.8) is 0 Å². The quantitative estimate of drug-likeness (QED) is 0.477. The van der Waals surface area contributed by atoms with Gasteiger partial charge in [0.25, 0.3) is 0 Å². The SMILES string of the molecule is C.C.C.C.C.CCCCCC(C)c1ccccc1. The van der Waals surface area contributed by atoms with Gasteiger partial charge in [-0.05, 0) is 17.9 Å². The summed E-state index contributed by atoms with van der Waals surface area (Å²) in [6.07, 6.45) is 5.39. The number of hydrogen-bond acceptors (Lipinski definition) is 0. The normalized spacial score (nSPS) is 9.22. The second kappa shape index (κ2) is 18.6. The second-order valence-corrected chi connectivity index (χ2v) is 3.81. The highest BCUT2D eigenvalue weighted by molar-refractivity contribution is 5.18. The molecule has 1 unspecified atom stereocenters. The minimum Gasteiger partial charge on any atom is -0.0776 e. The van der Waals surface area contributed by atoms with E-state index < -0.39 is 0 Å². The van der Waals surface area contributed by atoms with E-state index in [0.717, 1.165) is 5.92 Å². The number of unbranched alkanes of at least 4 members (excludes halogenated alkanes) is 2. The molecule has 0 nitrogen and oxygen atoms in total. The molecule has 0 saturated carbocycles. The molecule has 0 N–H and O–H groups in total. The van der Waals surface area contributed by atoms with Crippen molar-refractivity contribution in [2.75, 3.05) is 0 Å². The first-order chi connectivity index (χ1) is 6.34. The highest BCUT2D eigenvalue weighted by Gasteiger charge is 2.02. The Hall–Kier alpha value is -0.780. The Bertz CT molecular complexity index is 213. The van der Waals surface area contributed by atoms with E-state index in [-0.39, 0.29) is 37.1 Å². The molecule has 18 heavy (non-hydrogen) atoms. The van der Waals surface area contributed by atoms with Crippen molar-refractivity contribution >= 4 is 0 Å². The van der Waals surface area contributed by atoms with E-state index in [4.69, 9.17) is 0 Å². The van der Waals surface area contributed by atoms with Crippen LogP contribution in [0.2, 0.25) is 0 Å². The molecular formula is C18H40. The molecule has 0 bridgehead atoms. The maximum absolute atomic E-state index is 2.32. The van der Waals surface area contributed by atoms with Gasteiger partial charge in [-0.1, -0.05) is 101 Å². The average molecular weight is 257 g/mol. The van der Waals surface area contributed by atoms with E-state index in [1.54, 1.807) is 0 Å². The van der Waals surface area contributed by atoms with E-state index in [1.807, 2.05) is 0 Å². The fourth-order valence-corrected chi connectivity index (χ4v) is 1.65. The Morgan fingerprint density at radius 3 is 1.78 bits per heavy atom. The molecule has 0 aliphatic heterocycles. The molecule has 0 spiro atoms. The molecule has 1 aromatic rings. The molecule has 0 aliphatic carbocycles. The van der Waals surface area contributed by atoms with Crippen LogP contribution in [0.4, 0.5) is 0 Å². The number of benzene rings is 1. The Morgan fingerprint density at radius 1 is 0.833 bits per heavy atom. The average Bonchev–Trinajstić information content (AvgIpc) is 2.19. The van der Waals surface area contributed by atoms with Crippen LogP contribution in [0.1, 0.15) is 88.1 Å². The zero-order valence-electron chi connectivity index (χ0n) is 8.79. The van der Waals surface area contributed by atoms with Gasteiger partial charge < -0.3 is 0 Å². The summed E-state index contributed by atoms with van der Waals surface area (Å²) in [5.41, 5.74) is 1.48. The van der Waals surface area contributed by atoms with E-state index in [0.29, 0.717) is 0 Å². The summed E-state index contributed by atoms with van der Waals surface area (Å²) in [5, 5.41) is 0. The standard InChI is InChI=1S/C13H20.5CH4/c1-3-4-6-9-12(2)13-10-7-5-8-11-13;;;;;/h5,7-8,10-12H,3-4,6,9H2,1-2H3;5*1H4. The summed E-state index contributed by atoms with van der Waals surface area (Å²) in [4.78, 5) is 0. The summed E-state index contributed by atoms with van der Waals surface area (Å²) in [6.45, 7) is 4.58. The molecule has 0 aliphatic rings. The predicted molar refractivity (Wildman–Crippen MR) is 92.7 cm³/mol. The molecule has 1 atom stereocenters. The first kappa shape index (κ1) is 30.3. The van der Waals surface area contributed by atoms with Crippen LogP contribution in [0.15, 0.2) is 30.3 Å². The van der Waals surface area contributed by atoms with Gasteiger partial charge in [-0.25, -0.2) is 0 Å². The summed E-state index contributed by atoms with van der Waals surface area (Å²) in [7, 11) is 0. The molecule has 0 heterocycles. The molecule has 0 heteroatoms. The minimum absolute atomic E-state index is 0. The van der Waals surface area contributed by atoms with Crippen molar-refractivity contribution < 1.29 is 0 Å². The van der Waals surface area contributed by atoms with Crippen LogP contribution in [0.25, 0.3) is 0 Å². The van der Waals surface area contributed by atoms with Gasteiger partial charge in [0.1, 0.15) is 0 Å². The summed E-state index contributed by atoms with van der Waals surface area (Å²) in [5.74, 6) is 0.729. The van der Waals surface area contributed by atoms with Crippen LogP contribution in [-0.2, 0) is 0 Å². The van der Waals surface area contributed by atoms with Gasteiger partial charge in [0.05, 0.1) is 0 Å². The summed E-state index contributed by atoms with van der Waals surface area (Å²) in [6, 6.07) is 10.8. The van der Waals surface area contributed by atoms with Crippen LogP contribution in [0.5, 0.6) is 0 Å². The maximum Gasteiger partial charge on any atom is -0.0190 e. The summed E-state index contributed by atoms with van der Waals surface area (Å²) < 4.78 is 0. The van der Waals surface area contributed by atoms with Gasteiger partial charge in [0, 0.05) is 0 Å². The van der Waals surface area contributed by atoms with Crippen molar-refractivity contribution in [1.82, 2.24) is 0 Å². The van der Waals surface area contributed by atoms with E-state index >= 15 is 0 Å². The molecule has 0 fully saturated rings. The lowest BCUT2D eigenvalue weighted by atomic mass is 9.95. The Labute approximate surface area is 119 Å². The van der Waals surface area contributed by atoms with E-state index in [2.05, 4.69) is 44.2 Å². The molecule has 1 aromatic carbocycles. The molecule has 0 radical (unpaired) electrons. The third-order valence-corrected chi connectivity index (χ3v) is 2.61. The molecule has 0 saturated heterocycles. The second-order valence-electron chi connectivity index (χ2n) is 3.81. The highest BCUT2D eigenvalue weighted by atomic mass is 14.1. The summed E-state index contributed by atoms with van der Waals surface area (Å²) >= 11 is 0.